The molecule has 0 bridgehead atoms. The van der Waals surface area contributed by atoms with E-state index in [1.54, 1.807) is 0 Å². The second-order valence-electron chi connectivity index (χ2n) is 13.9. The molecule has 2 heterocycles. The number of fused-ring (bicyclic) bond motifs is 7. The minimum absolute atomic E-state index is 0.635. The fourth-order valence-corrected chi connectivity index (χ4v) is 9.31. The standard InChI is InChI=1S/C51H31N3S/c1-2-14-32(15-3-1)36-18-8-10-23-43(36)49-52-50(44-24-11-9-20-38(44)35-27-28-41-40-22-12-13-25-46(40)55-47(41)31-35)54-51(53-49)48-39-21-7-5-17-34(39)30-45-37-19-6-4-16-33(37)26-29-42(45)48/h1-31H. The van der Waals surface area contributed by atoms with Crippen LogP contribution >= 0.6 is 11.3 Å². The first kappa shape index (κ1) is 31.5. The lowest BCUT2D eigenvalue weighted by atomic mass is 9.92. The molecule has 0 amide bonds. The number of benzene rings is 9. The molecule has 0 aliphatic rings. The van der Waals surface area contributed by atoms with Crippen LogP contribution < -0.4 is 0 Å². The van der Waals surface area contributed by atoms with E-state index in [4.69, 9.17) is 15.0 Å². The molecule has 256 valence electrons. The van der Waals surface area contributed by atoms with Crippen LogP contribution in [0.1, 0.15) is 0 Å². The summed E-state index contributed by atoms with van der Waals surface area (Å²) in [6.45, 7) is 0. The Morgan fingerprint density at radius 2 is 0.836 bits per heavy atom. The Bertz CT molecular complexity index is 3270. The molecule has 0 spiro atoms. The molecule has 11 aromatic rings. The molecule has 0 aliphatic heterocycles. The normalized spacial score (nSPS) is 11.6. The molecule has 0 saturated carbocycles. The second kappa shape index (κ2) is 12.8. The third-order valence-electron chi connectivity index (χ3n) is 10.7. The van der Waals surface area contributed by atoms with E-state index in [9.17, 15) is 0 Å². The summed E-state index contributed by atoms with van der Waals surface area (Å²) in [5.41, 5.74) is 7.31. The summed E-state index contributed by atoms with van der Waals surface area (Å²) < 4.78 is 2.55. The maximum Gasteiger partial charge on any atom is 0.165 e. The SMILES string of the molecule is c1ccc(-c2ccccc2-c2nc(-c3ccccc3-c3ccc4c(c3)sc3ccccc34)nc(-c3c4ccccc4cc4c3ccc3ccccc34)n2)cc1. The maximum absolute atomic E-state index is 5.45. The van der Waals surface area contributed by atoms with Gasteiger partial charge in [-0.25, -0.2) is 15.0 Å². The van der Waals surface area contributed by atoms with Crippen LogP contribution in [0.4, 0.5) is 0 Å². The van der Waals surface area contributed by atoms with Crippen molar-refractivity contribution in [1.29, 1.82) is 0 Å². The summed E-state index contributed by atoms with van der Waals surface area (Å²) in [4.78, 5) is 16.2. The van der Waals surface area contributed by atoms with E-state index >= 15 is 0 Å². The molecule has 0 unspecified atom stereocenters. The number of rotatable bonds is 5. The largest absolute Gasteiger partial charge is 0.208 e. The van der Waals surface area contributed by atoms with Crippen molar-refractivity contribution in [1.82, 2.24) is 15.0 Å². The second-order valence-corrected chi connectivity index (χ2v) is 15.0. The van der Waals surface area contributed by atoms with E-state index < -0.39 is 0 Å². The molecule has 2 aromatic heterocycles. The monoisotopic (exact) mass is 717 g/mol. The Balaban J connectivity index is 1.20. The van der Waals surface area contributed by atoms with Gasteiger partial charge in [-0.1, -0.05) is 170 Å². The van der Waals surface area contributed by atoms with E-state index in [0.29, 0.717) is 17.5 Å². The van der Waals surface area contributed by atoms with Gasteiger partial charge in [-0.3, -0.25) is 0 Å². The van der Waals surface area contributed by atoms with Gasteiger partial charge in [0.25, 0.3) is 0 Å². The minimum Gasteiger partial charge on any atom is -0.208 e. The Morgan fingerprint density at radius 3 is 1.60 bits per heavy atom. The zero-order valence-electron chi connectivity index (χ0n) is 29.6. The van der Waals surface area contributed by atoms with Gasteiger partial charge in [0, 0.05) is 36.9 Å². The average Bonchev–Trinajstić information content (AvgIpc) is 3.64. The summed E-state index contributed by atoms with van der Waals surface area (Å²) in [6, 6.07) is 66.8. The molecule has 55 heavy (non-hydrogen) atoms. The Kier molecular flexibility index (Phi) is 7.35. The van der Waals surface area contributed by atoms with E-state index in [1.165, 1.54) is 36.3 Å². The van der Waals surface area contributed by atoms with Crippen molar-refractivity contribution in [3.8, 4) is 56.4 Å². The van der Waals surface area contributed by atoms with Crippen LogP contribution in [0.2, 0.25) is 0 Å². The molecule has 0 saturated heterocycles. The quantitative estimate of drug-likeness (QED) is 0.131. The Morgan fingerprint density at radius 1 is 0.291 bits per heavy atom. The van der Waals surface area contributed by atoms with Crippen molar-refractivity contribution in [3.63, 3.8) is 0 Å². The van der Waals surface area contributed by atoms with E-state index in [0.717, 1.165) is 55.1 Å². The molecule has 3 nitrogen and oxygen atoms in total. The van der Waals surface area contributed by atoms with E-state index in [2.05, 4.69) is 182 Å². The summed E-state index contributed by atoms with van der Waals surface area (Å²) in [7, 11) is 0. The van der Waals surface area contributed by atoms with Gasteiger partial charge in [-0.15, -0.1) is 11.3 Å². The van der Waals surface area contributed by atoms with Crippen LogP contribution in [0, 0.1) is 0 Å². The number of hydrogen-bond acceptors (Lipinski definition) is 4. The molecule has 0 radical (unpaired) electrons. The molecule has 0 fully saturated rings. The topological polar surface area (TPSA) is 38.7 Å². The molecular weight excluding hydrogens is 687 g/mol. The predicted molar refractivity (Wildman–Crippen MR) is 232 cm³/mol. The van der Waals surface area contributed by atoms with Crippen molar-refractivity contribution in [2.45, 2.75) is 0 Å². The smallest absolute Gasteiger partial charge is 0.165 e. The van der Waals surface area contributed by atoms with Gasteiger partial charge in [0.15, 0.2) is 17.5 Å². The highest BCUT2D eigenvalue weighted by Crippen LogP contribution is 2.42. The fraction of sp³-hybridized carbons (Fsp3) is 0. The van der Waals surface area contributed by atoms with E-state index in [-0.39, 0.29) is 0 Å². The first-order valence-electron chi connectivity index (χ1n) is 18.5. The lowest BCUT2D eigenvalue weighted by molar-refractivity contribution is 1.08. The van der Waals surface area contributed by atoms with Crippen LogP contribution in [0.15, 0.2) is 188 Å². The lowest BCUT2D eigenvalue weighted by Gasteiger charge is -2.16. The predicted octanol–water partition coefficient (Wildman–Crippen LogP) is 14.0. The number of hydrogen-bond donors (Lipinski definition) is 0. The highest BCUT2D eigenvalue weighted by atomic mass is 32.1. The number of thiophene rings is 1. The molecule has 0 atom stereocenters. The zero-order chi connectivity index (χ0) is 36.3. The van der Waals surface area contributed by atoms with Crippen LogP contribution in [0.25, 0.3) is 109 Å². The van der Waals surface area contributed by atoms with Gasteiger partial charge in [0.05, 0.1) is 0 Å². The van der Waals surface area contributed by atoms with Crippen molar-refractivity contribution in [2.75, 3.05) is 0 Å². The first-order chi connectivity index (χ1) is 27.3. The van der Waals surface area contributed by atoms with Crippen LogP contribution in [-0.4, -0.2) is 15.0 Å². The Hall–Kier alpha value is -7.01. The molecule has 0 aliphatic carbocycles. The highest BCUT2D eigenvalue weighted by Gasteiger charge is 2.21. The average molecular weight is 718 g/mol. The van der Waals surface area contributed by atoms with Crippen LogP contribution in [-0.2, 0) is 0 Å². The molecule has 4 heteroatoms. The number of aromatic nitrogens is 3. The van der Waals surface area contributed by atoms with Crippen LogP contribution in [0.5, 0.6) is 0 Å². The lowest BCUT2D eigenvalue weighted by Crippen LogP contribution is -2.03. The third-order valence-corrected chi connectivity index (χ3v) is 11.9. The fourth-order valence-electron chi connectivity index (χ4n) is 8.16. The summed E-state index contributed by atoms with van der Waals surface area (Å²) in [5.74, 6) is 1.92. The van der Waals surface area contributed by atoms with Gasteiger partial charge in [-0.2, -0.15) is 0 Å². The molecule has 9 aromatic carbocycles. The van der Waals surface area contributed by atoms with Crippen molar-refractivity contribution < 1.29 is 0 Å². The van der Waals surface area contributed by atoms with Gasteiger partial charge in [0.2, 0.25) is 0 Å². The maximum atomic E-state index is 5.45. The van der Waals surface area contributed by atoms with Gasteiger partial charge < -0.3 is 0 Å². The number of nitrogens with zero attached hydrogens (tertiary/aromatic N) is 3. The highest BCUT2D eigenvalue weighted by molar-refractivity contribution is 7.25. The van der Waals surface area contributed by atoms with Gasteiger partial charge in [0.1, 0.15) is 0 Å². The van der Waals surface area contributed by atoms with E-state index in [1.807, 2.05) is 17.4 Å². The zero-order valence-corrected chi connectivity index (χ0v) is 30.5. The molecular formula is C51H31N3S. The minimum atomic E-state index is 0.635. The summed E-state index contributed by atoms with van der Waals surface area (Å²) in [5, 5.41) is 9.52. The summed E-state index contributed by atoms with van der Waals surface area (Å²) in [6.07, 6.45) is 0. The molecule has 11 rings (SSSR count). The van der Waals surface area contributed by atoms with Crippen LogP contribution in [0.3, 0.4) is 0 Å². The van der Waals surface area contributed by atoms with Gasteiger partial charge >= 0.3 is 0 Å². The Labute approximate surface area is 321 Å². The summed E-state index contributed by atoms with van der Waals surface area (Å²) >= 11 is 1.83. The van der Waals surface area contributed by atoms with Crippen molar-refractivity contribution >= 4 is 63.8 Å². The molecule has 0 N–H and O–H groups in total. The van der Waals surface area contributed by atoms with Crippen molar-refractivity contribution in [3.05, 3.63) is 188 Å². The first-order valence-corrected chi connectivity index (χ1v) is 19.3. The third kappa shape index (κ3) is 5.30. The van der Waals surface area contributed by atoms with Gasteiger partial charge in [-0.05, 0) is 72.8 Å². The van der Waals surface area contributed by atoms with Crippen molar-refractivity contribution in [2.24, 2.45) is 0 Å².